The number of hydrogen-bond donors (Lipinski definition) is 1. The molecule has 0 bridgehead atoms. The van der Waals surface area contributed by atoms with Gasteiger partial charge in [0.1, 0.15) is 5.78 Å². The van der Waals surface area contributed by atoms with Crippen molar-refractivity contribution in [3.05, 3.63) is 40.1 Å². The third-order valence-corrected chi connectivity index (χ3v) is 5.62. The Morgan fingerprint density at radius 2 is 1.91 bits per heavy atom. The summed E-state index contributed by atoms with van der Waals surface area (Å²) in [6.45, 7) is 0. The third-order valence-electron chi connectivity index (χ3n) is 3.85. The first-order valence-electron chi connectivity index (χ1n) is 7.30. The molecule has 0 amide bonds. The molecule has 23 heavy (non-hydrogen) atoms. The average Bonchev–Trinajstić information content (AvgIpc) is 2.52. The van der Waals surface area contributed by atoms with Crippen LogP contribution >= 0.6 is 35.0 Å². The van der Waals surface area contributed by atoms with Crippen molar-refractivity contribution < 1.29 is 4.79 Å². The molecule has 2 N–H and O–H groups in total. The number of nitrogen functional groups attached to an aromatic ring is 1. The van der Waals surface area contributed by atoms with Gasteiger partial charge >= 0.3 is 0 Å². The first-order chi connectivity index (χ1) is 11.0. The maximum Gasteiger partial charge on any atom is 0.220 e. The van der Waals surface area contributed by atoms with Gasteiger partial charge in [0.05, 0.1) is 15.6 Å². The lowest BCUT2D eigenvalue weighted by atomic mass is 9.86. The molecule has 0 unspecified atom stereocenters. The van der Waals surface area contributed by atoms with E-state index in [-0.39, 0.29) is 11.9 Å². The monoisotopic (exact) mass is 367 g/mol. The number of benzene rings is 1. The van der Waals surface area contributed by atoms with Crippen LogP contribution in [0.2, 0.25) is 10.0 Å². The van der Waals surface area contributed by atoms with Crippen molar-refractivity contribution in [1.82, 2.24) is 9.97 Å². The number of carbonyl (C=O) groups excluding carboxylic acids is 1. The van der Waals surface area contributed by atoms with Crippen molar-refractivity contribution in [2.75, 3.05) is 5.73 Å². The minimum atomic E-state index is 0.228. The van der Waals surface area contributed by atoms with Crippen LogP contribution in [0.25, 0.3) is 0 Å². The van der Waals surface area contributed by atoms with Gasteiger partial charge in [-0.3, -0.25) is 4.79 Å². The lowest BCUT2D eigenvalue weighted by Crippen LogP contribution is -2.15. The molecule has 0 radical (unpaired) electrons. The number of carbonyl (C=O) groups is 1. The number of anilines is 1. The summed E-state index contributed by atoms with van der Waals surface area (Å²) in [5.74, 6) is 0.799. The van der Waals surface area contributed by atoms with Crippen molar-refractivity contribution in [3.8, 4) is 0 Å². The molecule has 3 rings (SSSR count). The van der Waals surface area contributed by atoms with Gasteiger partial charge in [-0.05, 0) is 31.0 Å². The highest BCUT2D eigenvalue weighted by atomic mass is 35.5. The highest BCUT2D eigenvalue weighted by Gasteiger charge is 2.24. The van der Waals surface area contributed by atoms with Crippen LogP contribution in [0.4, 0.5) is 5.95 Å². The summed E-state index contributed by atoms with van der Waals surface area (Å²) in [6, 6.07) is 5.38. The molecule has 1 saturated carbocycles. The van der Waals surface area contributed by atoms with Crippen LogP contribution in [0.1, 0.15) is 37.3 Å². The van der Waals surface area contributed by atoms with Crippen LogP contribution in [0.3, 0.4) is 0 Å². The summed E-state index contributed by atoms with van der Waals surface area (Å²) in [7, 11) is 0. The van der Waals surface area contributed by atoms with Crippen LogP contribution in [-0.4, -0.2) is 15.8 Å². The molecular formula is C16H15Cl2N3OS. The van der Waals surface area contributed by atoms with E-state index in [1.807, 2.05) is 6.07 Å². The van der Waals surface area contributed by atoms with Gasteiger partial charge in [-0.1, -0.05) is 35.0 Å². The van der Waals surface area contributed by atoms with E-state index in [2.05, 4.69) is 9.97 Å². The van der Waals surface area contributed by atoms with Crippen molar-refractivity contribution in [3.63, 3.8) is 0 Å². The van der Waals surface area contributed by atoms with Gasteiger partial charge in [0, 0.05) is 34.9 Å². The molecule has 2 aromatic rings. The van der Waals surface area contributed by atoms with Gasteiger partial charge in [-0.25, -0.2) is 9.97 Å². The van der Waals surface area contributed by atoms with Gasteiger partial charge < -0.3 is 5.73 Å². The van der Waals surface area contributed by atoms with Crippen LogP contribution < -0.4 is 5.73 Å². The Labute approximate surface area is 148 Å². The van der Waals surface area contributed by atoms with E-state index in [1.165, 1.54) is 11.8 Å². The van der Waals surface area contributed by atoms with E-state index in [0.29, 0.717) is 28.7 Å². The summed E-state index contributed by atoms with van der Waals surface area (Å²) in [5.41, 5.74) is 6.67. The van der Waals surface area contributed by atoms with E-state index < -0.39 is 0 Å². The number of nitrogens with two attached hydrogens (primary N) is 1. The molecule has 4 nitrogen and oxygen atoms in total. The van der Waals surface area contributed by atoms with E-state index >= 15 is 0 Å². The second-order valence-electron chi connectivity index (χ2n) is 5.47. The van der Waals surface area contributed by atoms with Crippen molar-refractivity contribution >= 4 is 46.7 Å². The highest BCUT2D eigenvalue weighted by molar-refractivity contribution is 7.99. The second-order valence-corrected chi connectivity index (χ2v) is 7.39. The number of Topliss-reactive ketones (excluding diaryl/α,β-unsaturated/α-hetero) is 1. The average molecular weight is 368 g/mol. The lowest BCUT2D eigenvalue weighted by Gasteiger charge is -2.22. The number of halogens is 2. The molecule has 0 spiro atoms. The Kier molecular flexibility index (Phi) is 5.09. The number of hydrogen-bond acceptors (Lipinski definition) is 5. The summed E-state index contributed by atoms with van der Waals surface area (Å²) < 4.78 is 0. The van der Waals surface area contributed by atoms with Gasteiger partial charge in [0.25, 0.3) is 0 Å². The summed E-state index contributed by atoms with van der Waals surface area (Å²) in [4.78, 5) is 21.8. The quantitative estimate of drug-likeness (QED) is 0.847. The Bertz CT molecular complexity index is 744. The Balaban J connectivity index is 1.91. The Hall–Kier alpha value is -1.30. The zero-order valence-corrected chi connectivity index (χ0v) is 14.6. The zero-order chi connectivity index (χ0) is 16.4. The predicted octanol–water partition coefficient (Wildman–Crippen LogP) is 4.74. The number of nitrogens with zero attached hydrogens (tertiary/aromatic N) is 2. The molecule has 0 aliphatic heterocycles. The fourth-order valence-electron chi connectivity index (χ4n) is 2.66. The first-order valence-corrected chi connectivity index (χ1v) is 8.87. The molecule has 1 aromatic carbocycles. The minimum absolute atomic E-state index is 0.228. The molecule has 1 fully saturated rings. The lowest BCUT2D eigenvalue weighted by molar-refractivity contribution is -0.120. The van der Waals surface area contributed by atoms with Crippen molar-refractivity contribution in [1.29, 1.82) is 0 Å². The Morgan fingerprint density at radius 3 is 2.61 bits per heavy atom. The summed E-state index contributed by atoms with van der Waals surface area (Å²) in [6.07, 6.45) is 4.53. The fraction of sp³-hybridized carbons (Fsp3) is 0.312. The maximum absolute atomic E-state index is 11.5. The van der Waals surface area contributed by atoms with Gasteiger partial charge in [-0.15, -0.1) is 0 Å². The minimum Gasteiger partial charge on any atom is -0.368 e. The van der Waals surface area contributed by atoms with E-state index in [9.17, 15) is 4.79 Å². The van der Waals surface area contributed by atoms with Crippen LogP contribution in [-0.2, 0) is 4.79 Å². The van der Waals surface area contributed by atoms with E-state index in [4.69, 9.17) is 28.9 Å². The molecule has 0 atom stereocenters. The SMILES string of the molecule is Nc1ncc(Sc2ccc(Cl)cc2Cl)c(C2CCC(=O)CC2)n1. The van der Waals surface area contributed by atoms with Gasteiger partial charge in [0.15, 0.2) is 0 Å². The van der Waals surface area contributed by atoms with Crippen LogP contribution in [0.5, 0.6) is 0 Å². The van der Waals surface area contributed by atoms with Gasteiger partial charge in [-0.2, -0.15) is 0 Å². The summed E-state index contributed by atoms with van der Waals surface area (Å²) >= 11 is 13.7. The largest absolute Gasteiger partial charge is 0.368 e. The van der Waals surface area contributed by atoms with Gasteiger partial charge in [0.2, 0.25) is 5.95 Å². The number of ketones is 1. The Morgan fingerprint density at radius 1 is 1.17 bits per heavy atom. The van der Waals surface area contributed by atoms with Crippen LogP contribution in [0.15, 0.2) is 34.2 Å². The van der Waals surface area contributed by atoms with Crippen LogP contribution in [0, 0.1) is 0 Å². The molecule has 1 aromatic heterocycles. The number of rotatable bonds is 3. The maximum atomic E-state index is 11.5. The molecule has 120 valence electrons. The standard InChI is InChI=1S/C16H15Cl2N3OS/c17-10-3-6-13(12(18)7-10)23-14-8-20-16(19)21-15(14)9-1-4-11(22)5-2-9/h3,6-9H,1-2,4-5H2,(H2,19,20,21). The smallest absolute Gasteiger partial charge is 0.220 e. The van der Waals surface area contributed by atoms with E-state index in [1.54, 1.807) is 18.3 Å². The molecule has 0 saturated heterocycles. The first kappa shape index (κ1) is 16.6. The summed E-state index contributed by atoms with van der Waals surface area (Å²) in [5, 5.41) is 1.18. The normalized spacial score (nSPS) is 15.8. The second kappa shape index (κ2) is 7.07. The zero-order valence-electron chi connectivity index (χ0n) is 12.3. The predicted molar refractivity (Wildman–Crippen MR) is 93.2 cm³/mol. The fourth-order valence-corrected chi connectivity index (χ4v) is 4.13. The number of aromatic nitrogens is 2. The molecular weight excluding hydrogens is 353 g/mol. The highest BCUT2D eigenvalue weighted by Crippen LogP contribution is 2.40. The van der Waals surface area contributed by atoms with E-state index in [0.717, 1.165) is 28.3 Å². The third kappa shape index (κ3) is 3.97. The van der Waals surface area contributed by atoms with Crippen molar-refractivity contribution in [2.45, 2.75) is 41.4 Å². The molecule has 1 heterocycles. The molecule has 1 aliphatic carbocycles. The van der Waals surface area contributed by atoms with Crippen molar-refractivity contribution in [2.24, 2.45) is 0 Å². The topological polar surface area (TPSA) is 68.9 Å². The molecule has 7 heteroatoms. The molecule has 1 aliphatic rings.